The molecule has 88 valence electrons. The first-order valence-corrected chi connectivity index (χ1v) is 5.54. The molecule has 0 fully saturated rings. The Bertz CT molecular complexity index is 346. The van der Waals surface area contributed by atoms with Gasteiger partial charge < -0.3 is 10.5 Å². The van der Waals surface area contributed by atoms with Crippen LogP contribution in [0.25, 0.3) is 0 Å². The van der Waals surface area contributed by atoms with Crippen LogP contribution in [0, 0.1) is 0 Å². The Morgan fingerprint density at radius 1 is 1.44 bits per heavy atom. The van der Waals surface area contributed by atoms with Crippen molar-refractivity contribution in [2.24, 2.45) is 5.73 Å². The van der Waals surface area contributed by atoms with E-state index in [9.17, 15) is 4.79 Å². The van der Waals surface area contributed by atoms with Gasteiger partial charge in [0.2, 0.25) is 0 Å². The number of benzene rings is 1. The van der Waals surface area contributed by atoms with Gasteiger partial charge in [-0.15, -0.1) is 0 Å². The van der Waals surface area contributed by atoms with Crippen molar-refractivity contribution in [1.29, 1.82) is 0 Å². The number of nitrogens with two attached hydrogens (primary N) is 1. The van der Waals surface area contributed by atoms with Gasteiger partial charge in [0.25, 0.3) is 0 Å². The molecular weight excluding hydrogens is 202 g/mol. The van der Waals surface area contributed by atoms with Crippen LogP contribution in [0.15, 0.2) is 30.3 Å². The minimum absolute atomic E-state index is 0.0981. The number of hydrogen-bond acceptors (Lipinski definition) is 3. The Labute approximate surface area is 96.6 Å². The highest BCUT2D eigenvalue weighted by Crippen LogP contribution is 2.20. The summed E-state index contributed by atoms with van der Waals surface area (Å²) in [6.45, 7) is 5.50. The first-order chi connectivity index (χ1) is 7.48. The summed E-state index contributed by atoms with van der Waals surface area (Å²) < 4.78 is 5.25. The molecule has 0 saturated carbocycles. The van der Waals surface area contributed by atoms with Gasteiger partial charge in [0, 0.05) is 0 Å². The minimum Gasteiger partial charge on any atom is -0.461 e. The molecule has 0 aromatic heterocycles. The lowest BCUT2D eigenvalue weighted by molar-refractivity contribution is -0.154. The highest BCUT2D eigenvalue weighted by atomic mass is 16.5. The van der Waals surface area contributed by atoms with Crippen LogP contribution in [0.5, 0.6) is 0 Å². The van der Waals surface area contributed by atoms with Crippen molar-refractivity contribution in [3.05, 3.63) is 35.9 Å². The van der Waals surface area contributed by atoms with Gasteiger partial charge in [-0.1, -0.05) is 37.3 Å². The summed E-state index contributed by atoms with van der Waals surface area (Å²) in [6, 6.07) is 9.27. The molecule has 0 aliphatic carbocycles. The van der Waals surface area contributed by atoms with Gasteiger partial charge in [0.05, 0.1) is 6.10 Å². The van der Waals surface area contributed by atoms with Crippen molar-refractivity contribution >= 4 is 5.97 Å². The van der Waals surface area contributed by atoms with Crippen molar-refractivity contribution < 1.29 is 9.53 Å². The average molecular weight is 221 g/mol. The molecule has 0 spiro atoms. The molecule has 1 aromatic carbocycles. The van der Waals surface area contributed by atoms with Crippen LogP contribution < -0.4 is 5.73 Å². The molecule has 1 rings (SSSR count). The topological polar surface area (TPSA) is 52.3 Å². The molecular formula is C13H19NO2. The molecule has 0 amide bonds. The normalized spacial score (nSPS) is 16.2. The van der Waals surface area contributed by atoms with Crippen LogP contribution >= 0.6 is 0 Å². The van der Waals surface area contributed by atoms with E-state index in [2.05, 4.69) is 0 Å². The molecule has 0 heterocycles. The van der Waals surface area contributed by atoms with Crippen molar-refractivity contribution in [1.82, 2.24) is 0 Å². The highest BCUT2D eigenvalue weighted by molar-refractivity contribution is 5.81. The second kappa shape index (κ2) is 5.12. The fraction of sp³-hybridized carbons (Fsp3) is 0.462. The fourth-order valence-electron chi connectivity index (χ4n) is 1.29. The first kappa shape index (κ1) is 12.7. The largest absolute Gasteiger partial charge is 0.461 e. The maximum absolute atomic E-state index is 11.9. The molecule has 3 nitrogen and oxygen atoms in total. The van der Waals surface area contributed by atoms with E-state index in [1.807, 2.05) is 44.2 Å². The maximum Gasteiger partial charge on any atom is 0.330 e. The predicted molar refractivity (Wildman–Crippen MR) is 63.8 cm³/mol. The number of rotatable bonds is 4. The zero-order valence-corrected chi connectivity index (χ0v) is 10.1. The average Bonchev–Trinajstić information content (AvgIpc) is 2.29. The molecule has 0 saturated heterocycles. The van der Waals surface area contributed by atoms with E-state index in [-0.39, 0.29) is 12.1 Å². The summed E-state index contributed by atoms with van der Waals surface area (Å²) in [5, 5.41) is 0. The zero-order chi connectivity index (χ0) is 12.2. The van der Waals surface area contributed by atoms with Crippen molar-refractivity contribution in [2.75, 3.05) is 0 Å². The monoisotopic (exact) mass is 221 g/mol. The van der Waals surface area contributed by atoms with Crippen molar-refractivity contribution in [2.45, 2.75) is 38.8 Å². The summed E-state index contributed by atoms with van der Waals surface area (Å²) in [7, 11) is 0. The lowest BCUT2D eigenvalue weighted by Gasteiger charge is -2.24. The second-order valence-corrected chi connectivity index (χ2v) is 4.19. The molecule has 2 N–H and O–H groups in total. The molecule has 16 heavy (non-hydrogen) atoms. The molecule has 0 bridgehead atoms. The van der Waals surface area contributed by atoms with E-state index < -0.39 is 5.54 Å². The Kier molecular flexibility index (Phi) is 4.07. The van der Waals surface area contributed by atoms with E-state index >= 15 is 0 Å². The van der Waals surface area contributed by atoms with Crippen molar-refractivity contribution in [3.8, 4) is 0 Å². The molecule has 2 unspecified atom stereocenters. The number of esters is 1. The van der Waals surface area contributed by atoms with Crippen LogP contribution in [0.3, 0.4) is 0 Å². The first-order valence-electron chi connectivity index (χ1n) is 5.54. The number of carbonyl (C=O) groups excluding carboxylic acids is 1. The third-order valence-electron chi connectivity index (χ3n) is 2.68. The molecule has 0 aliphatic heterocycles. The molecule has 2 atom stereocenters. The summed E-state index contributed by atoms with van der Waals surface area (Å²) in [5.41, 5.74) is 5.70. The number of carbonyl (C=O) groups is 1. The zero-order valence-electron chi connectivity index (χ0n) is 10.1. The highest BCUT2D eigenvalue weighted by Gasteiger charge is 2.32. The lowest BCUT2D eigenvalue weighted by Crippen LogP contribution is -2.44. The number of hydrogen-bond donors (Lipinski definition) is 1. The van der Waals surface area contributed by atoms with Crippen LogP contribution in [0.4, 0.5) is 0 Å². The lowest BCUT2D eigenvalue weighted by atomic mass is 9.93. The van der Waals surface area contributed by atoms with Gasteiger partial charge in [-0.2, -0.15) is 0 Å². The molecule has 0 radical (unpaired) electrons. The van der Waals surface area contributed by atoms with Crippen LogP contribution in [0.1, 0.15) is 32.8 Å². The quantitative estimate of drug-likeness (QED) is 0.793. The summed E-state index contributed by atoms with van der Waals surface area (Å²) in [5.74, 6) is -0.381. The molecule has 1 aromatic rings. The van der Waals surface area contributed by atoms with Gasteiger partial charge in [-0.3, -0.25) is 0 Å². The SMILES string of the molecule is CCC(C)OC(=O)C(C)(N)c1ccccc1. The van der Waals surface area contributed by atoms with Gasteiger partial charge in [-0.05, 0) is 25.8 Å². The summed E-state index contributed by atoms with van der Waals surface area (Å²) in [6.07, 6.45) is 0.690. The fourth-order valence-corrected chi connectivity index (χ4v) is 1.29. The Balaban J connectivity index is 2.82. The van der Waals surface area contributed by atoms with Crippen molar-refractivity contribution in [3.63, 3.8) is 0 Å². The third-order valence-corrected chi connectivity index (χ3v) is 2.68. The Morgan fingerprint density at radius 2 is 2.00 bits per heavy atom. The van der Waals surface area contributed by atoms with E-state index in [0.29, 0.717) is 0 Å². The van der Waals surface area contributed by atoms with Crippen LogP contribution in [0.2, 0.25) is 0 Å². The molecule has 0 aliphatic rings. The predicted octanol–water partition coefficient (Wildman–Crippen LogP) is 2.20. The van der Waals surface area contributed by atoms with E-state index in [0.717, 1.165) is 12.0 Å². The van der Waals surface area contributed by atoms with E-state index in [1.165, 1.54) is 0 Å². The van der Waals surface area contributed by atoms with Crippen LogP contribution in [-0.4, -0.2) is 12.1 Å². The summed E-state index contributed by atoms with van der Waals surface area (Å²) >= 11 is 0. The minimum atomic E-state index is -1.08. The van der Waals surface area contributed by atoms with Gasteiger partial charge >= 0.3 is 5.97 Å². The Hall–Kier alpha value is -1.35. The maximum atomic E-state index is 11.9. The van der Waals surface area contributed by atoms with E-state index in [4.69, 9.17) is 10.5 Å². The second-order valence-electron chi connectivity index (χ2n) is 4.19. The third kappa shape index (κ3) is 2.83. The summed E-state index contributed by atoms with van der Waals surface area (Å²) in [4.78, 5) is 11.9. The molecule has 3 heteroatoms. The Morgan fingerprint density at radius 3 is 2.50 bits per heavy atom. The van der Waals surface area contributed by atoms with E-state index in [1.54, 1.807) is 6.92 Å². The smallest absolute Gasteiger partial charge is 0.330 e. The van der Waals surface area contributed by atoms with Gasteiger partial charge in [0.15, 0.2) is 0 Å². The standard InChI is InChI=1S/C13H19NO2/c1-4-10(2)16-12(15)13(3,14)11-8-6-5-7-9-11/h5-10H,4,14H2,1-3H3. The van der Waals surface area contributed by atoms with Gasteiger partial charge in [-0.25, -0.2) is 4.79 Å². The van der Waals surface area contributed by atoms with Gasteiger partial charge in [0.1, 0.15) is 5.54 Å². The van der Waals surface area contributed by atoms with Crippen LogP contribution in [-0.2, 0) is 15.1 Å². The number of ether oxygens (including phenoxy) is 1.